The average molecular weight is 1280 g/mol. The summed E-state index contributed by atoms with van der Waals surface area (Å²) in [5.74, 6) is -0.320. The van der Waals surface area contributed by atoms with Crippen LogP contribution in [0, 0.1) is 5.82 Å². The SMILES string of the molecule is Fc1cccc(-c2ccccc2)c1N1c2cc3c(cc2B2c4ccccc4N(c4ccccc4)c4cc(N(c5ccccc5)c5ccccc5)cc1c42)B1c2ccccc2N(c2ccccc2)c2cc(N(c4ccc(-c5ccccc5)cc4)c4ccccc4-c4ccccc4)cc(c21)S3. The second kappa shape index (κ2) is 24.1. The Balaban J connectivity index is 0.901. The van der Waals surface area contributed by atoms with Crippen molar-refractivity contribution >= 4 is 143 Å². The number of benzene rings is 15. The normalized spacial score (nSPS) is 12.8. The van der Waals surface area contributed by atoms with E-state index in [2.05, 4.69) is 358 Å². The first-order chi connectivity index (χ1) is 49.1. The zero-order valence-corrected chi connectivity index (χ0v) is 54.6. The van der Waals surface area contributed by atoms with Gasteiger partial charge in [-0.1, -0.05) is 266 Å². The molecule has 5 nitrogen and oxygen atoms in total. The summed E-state index contributed by atoms with van der Waals surface area (Å²) >= 11 is 1.82. The molecule has 0 unspecified atom stereocenters. The summed E-state index contributed by atoms with van der Waals surface area (Å²) in [4.78, 5) is 14.3. The molecule has 4 heterocycles. The van der Waals surface area contributed by atoms with Crippen LogP contribution in [0.1, 0.15) is 0 Å². The quantitative estimate of drug-likeness (QED) is 0.113. The molecule has 0 N–H and O–H groups in total. The molecule has 0 radical (unpaired) electrons. The minimum atomic E-state index is -0.320. The Morgan fingerprint density at radius 1 is 0.263 bits per heavy atom. The fourth-order valence-electron chi connectivity index (χ4n) is 15.9. The first-order valence-electron chi connectivity index (χ1n) is 33.8. The lowest BCUT2D eigenvalue weighted by atomic mass is 9.31. The number of hydrogen-bond acceptors (Lipinski definition) is 6. The van der Waals surface area contributed by atoms with Gasteiger partial charge < -0.3 is 24.5 Å². The first kappa shape index (κ1) is 58.1. The Morgan fingerprint density at radius 3 is 1.28 bits per heavy atom. The molecule has 0 spiro atoms. The first-order valence-corrected chi connectivity index (χ1v) is 34.6. The standard InChI is InChI=1S/C90H60B2FN5S/c93-78-47-28-44-73(64-33-12-3-13-34-64)90(78)98-82-60-86-77(59-76(82)91-74-45-23-26-49-80(74)96(67-39-18-6-19-40-67)83-55-70(56-84(98)88(83)91)94(65-35-14-4-15-36-65)66-37-16-5-17-38-66)92-75-46-24-27-50-81(75)97(68-41-20-7-21-42-68)85-57-71(58-87(99-86)89(85)92)95(69-53-51-62(52-54-69)61-29-8-1-9-30-61)79-48-25-22-43-72(79)63-31-10-2-11-32-63/h1-60H. The number of anilines is 15. The molecule has 19 rings (SSSR count). The zero-order valence-electron chi connectivity index (χ0n) is 53.8. The lowest BCUT2D eigenvalue weighted by Gasteiger charge is -2.46. The zero-order chi connectivity index (χ0) is 65.5. The van der Waals surface area contributed by atoms with Gasteiger partial charge in [-0.2, -0.15) is 0 Å². The van der Waals surface area contributed by atoms with Crippen LogP contribution in [0.3, 0.4) is 0 Å². The third-order valence-electron chi connectivity index (χ3n) is 20.1. The molecule has 15 aromatic rings. The van der Waals surface area contributed by atoms with E-state index in [1.807, 2.05) is 36.0 Å². The lowest BCUT2D eigenvalue weighted by molar-refractivity contribution is 0.629. The summed E-state index contributed by atoms with van der Waals surface area (Å²) in [7, 11) is 0. The molecular weight excluding hydrogens is 1220 g/mol. The second-order valence-electron chi connectivity index (χ2n) is 25.6. The van der Waals surface area contributed by atoms with Crippen LogP contribution in [0.5, 0.6) is 0 Å². The summed E-state index contributed by atoms with van der Waals surface area (Å²) in [6.07, 6.45) is 0. The summed E-state index contributed by atoms with van der Waals surface area (Å²) in [6.45, 7) is -0.489. The van der Waals surface area contributed by atoms with E-state index in [0.29, 0.717) is 5.69 Å². The van der Waals surface area contributed by atoms with Gasteiger partial charge in [0.05, 0.1) is 17.1 Å². The summed E-state index contributed by atoms with van der Waals surface area (Å²) in [6, 6.07) is 131. The van der Waals surface area contributed by atoms with E-state index in [-0.39, 0.29) is 19.2 Å². The van der Waals surface area contributed by atoms with Crippen LogP contribution in [-0.2, 0) is 0 Å². The maximum atomic E-state index is 18.6. The molecule has 0 atom stereocenters. The van der Waals surface area contributed by atoms with Gasteiger partial charge in [-0.3, -0.25) is 0 Å². The van der Waals surface area contributed by atoms with E-state index in [1.54, 1.807) is 6.07 Å². The van der Waals surface area contributed by atoms with Gasteiger partial charge in [-0.05, 0) is 165 Å². The number of para-hydroxylation sites is 8. The van der Waals surface area contributed by atoms with Crippen molar-refractivity contribution in [1.29, 1.82) is 0 Å². The van der Waals surface area contributed by atoms with Gasteiger partial charge in [-0.25, -0.2) is 4.39 Å². The maximum absolute atomic E-state index is 18.6. The van der Waals surface area contributed by atoms with E-state index in [4.69, 9.17) is 0 Å². The average Bonchev–Trinajstić information content (AvgIpc) is 0.687. The number of fused-ring (bicyclic) bond motifs is 8. The van der Waals surface area contributed by atoms with Crippen molar-refractivity contribution in [3.05, 3.63) is 370 Å². The predicted octanol–water partition coefficient (Wildman–Crippen LogP) is 20.6. The Morgan fingerprint density at radius 2 is 0.697 bits per heavy atom. The highest BCUT2D eigenvalue weighted by atomic mass is 32.2. The molecule has 4 aliphatic heterocycles. The lowest BCUT2D eigenvalue weighted by Crippen LogP contribution is -2.64. The fraction of sp³-hybridized carbons (Fsp3) is 0. The number of nitrogens with zero attached hydrogens (tertiary/aromatic N) is 5. The third kappa shape index (κ3) is 9.71. The summed E-state index contributed by atoms with van der Waals surface area (Å²) in [5.41, 5.74) is 28.1. The van der Waals surface area contributed by atoms with Gasteiger partial charge in [0.2, 0.25) is 6.71 Å². The van der Waals surface area contributed by atoms with Crippen LogP contribution >= 0.6 is 11.8 Å². The van der Waals surface area contributed by atoms with Crippen LogP contribution in [0.4, 0.5) is 89.7 Å². The van der Waals surface area contributed by atoms with Gasteiger partial charge in [-0.15, -0.1) is 0 Å². The van der Waals surface area contributed by atoms with Crippen LogP contribution in [0.15, 0.2) is 374 Å². The van der Waals surface area contributed by atoms with Crippen molar-refractivity contribution < 1.29 is 4.39 Å². The Bertz CT molecular complexity index is 5540. The monoisotopic (exact) mass is 1280 g/mol. The summed E-state index contributed by atoms with van der Waals surface area (Å²) < 4.78 is 18.6. The minimum absolute atomic E-state index is 0.202. The largest absolute Gasteiger partial charge is 0.311 e. The van der Waals surface area contributed by atoms with Gasteiger partial charge in [0, 0.05) is 89.2 Å². The molecule has 0 aliphatic carbocycles. The fourth-order valence-corrected chi connectivity index (χ4v) is 17.1. The van der Waals surface area contributed by atoms with Crippen molar-refractivity contribution in [1.82, 2.24) is 0 Å². The molecular formula is C90H60B2FN5S. The molecule has 0 bridgehead atoms. The molecule has 0 aromatic heterocycles. The van der Waals surface area contributed by atoms with Gasteiger partial charge in [0.1, 0.15) is 5.82 Å². The molecule has 0 saturated heterocycles. The van der Waals surface area contributed by atoms with E-state index in [0.717, 1.165) is 134 Å². The molecule has 4 aliphatic rings. The molecule has 99 heavy (non-hydrogen) atoms. The van der Waals surface area contributed by atoms with Crippen molar-refractivity contribution in [3.63, 3.8) is 0 Å². The minimum Gasteiger partial charge on any atom is -0.311 e. The molecule has 15 aromatic carbocycles. The van der Waals surface area contributed by atoms with Gasteiger partial charge in [0.25, 0.3) is 6.71 Å². The smallest absolute Gasteiger partial charge is 0.252 e. The molecule has 0 amide bonds. The van der Waals surface area contributed by atoms with E-state index in [9.17, 15) is 0 Å². The highest BCUT2D eigenvalue weighted by molar-refractivity contribution is 8.00. The maximum Gasteiger partial charge on any atom is 0.252 e. The number of halogens is 1. The third-order valence-corrected chi connectivity index (χ3v) is 21.2. The van der Waals surface area contributed by atoms with Crippen LogP contribution in [-0.4, -0.2) is 13.4 Å². The number of rotatable bonds is 12. The highest BCUT2D eigenvalue weighted by Crippen LogP contribution is 2.53. The summed E-state index contributed by atoms with van der Waals surface area (Å²) in [5, 5.41) is 0. The van der Waals surface area contributed by atoms with E-state index >= 15 is 4.39 Å². The van der Waals surface area contributed by atoms with Crippen LogP contribution < -0.4 is 57.3 Å². The molecule has 0 fully saturated rings. The van der Waals surface area contributed by atoms with Crippen molar-refractivity contribution in [2.75, 3.05) is 24.5 Å². The molecule has 464 valence electrons. The Hall–Kier alpha value is -12.3. The topological polar surface area (TPSA) is 16.2 Å². The van der Waals surface area contributed by atoms with Crippen molar-refractivity contribution in [3.8, 4) is 33.4 Å². The van der Waals surface area contributed by atoms with E-state index < -0.39 is 0 Å². The van der Waals surface area contributed by atoms with Gasteiger partial charge >= 0.3 is 0 Å². The Kier molecular flexibility index (Phi) is 14.1. The van der Waals surface area contributed by atoms with Crippen molar-refractivity contribution in [2.24, 2.45) is 0 Å². The van der Waals surface area contributed by atoms with Crippen LogP contribution in [0.2, 0.25) is 0 Å². The van der Waals surface area contributed by atoms with Gasteiger partial charge in [0.15, 0.2) is 0 Å². The Labute approximate surface area is 581 Å². The number of hydrogen-bond donors (Lipinski definition) is 0. The highest BCUT2D eigenvalue weighted by Gasteiger charge is 2.48. The second-order valence-corrected chi connectivity index (χ2v) is 26.7. The van der Waals surface area contributed by atoms with E-state index in [1.165, 1.54) is 21.9 Å². The molecule has 0 saturated carbocycles. The van der Waals surface area contributed by atoms with Crippen LogP contribution in [0.25, 0.3) is 33.4 Å². The van der Waals surface area contributed by atoms with Crippen molar-refractivity contribution in [2.45, 2.75) is 9.79 Å². The molecule has 9 heteroatoms. The predicted molar refractivity (Wildman–Crippen MR) is 416 cm³/mol.